The molecule has 12 heteroatoms. The van der Waals surface area contributed by atoms with E-state index in [1.807, 2.05) is 243 Å². The molecule has 109 heavy (non-hydrogen) atoms. The van der Waals surface area contributed by atoms with Crippen LogP contribution in [0, 0.1) is 45.3 Å². The number of hydrogen-bond donors (Lipinski definition) is 0. The van der Waals surface area contributed by atoms with Gasteiger partial charge in [0.15, 0.2) is 23.0 Å². The van der Waals surface area contributed by atoms with E-state index in [1.54, 1.807) is 72.8 Å². The van der Waals surface area contributed by atoms with Crippen LogP contribution in [-0.4, -0.2) is 0 Å². The molecule has 14 aromatic rings. The third-order valence-corrected chi connectivity index (χ3v) is 20.2. The summed E-state index contributed by atoms with van der Waals surface area (Å²) in [5.74, 6) is 4.97. The lowest BCUT2D eigenvalue weighted by atomic mass is 9.72. The van der Waals surface area contributed by atoms with Crippen molar-refractivity contribution in [3.8, 4) is 161 Å². The highest BCUT2D eigenvalue weighted by Gasteiger charge is 2.57. The van der Waals surface area contributed by atoms with E-state index in [-0.39, 0.29) is 91.2 Å². The zero-order valence-corrected chi connectivity index (χ0v) is 60.0. The lowest BCUT2D eigenvalue weighted by Gasteiger charge is -2.31. The van der Waals surface area contributed by atoms with Gasteiger partial charge in [-0.25, -0.2) is 0 Å². The minimum atomic E-state index is -0.794. The molecular formula is C97H68N4O8. The number of nitrogens with zero attached hydrogens (tertiary/aromatic N) is 4. The molecular weight excluding hydrogens is 1350 g/mol. The first-order valence-electron chi connectivity index (χ1n) is 35.8. The van der Waals surface area contributed by atoms with Gasteiger partial charge in [-0.15, -0.1) is 0 Å². The van der Waals surface area contributed by atoms with Crippen molar-refractivity contribution in [2.45, 2.75) is 56.8 Å². The van der Waals surface area contributed by atoms with E-state index >= 15 is 0 Å². The van der Waals surface area contributed by atoms with Crippen molar-refractivity contribution in [3.05, 3.63) is 360 Å². The lowest BCUT2D eigenvalue weighted by Crippen LogP contribution is -2.27. The molecule has 0 aromatic heterocycles. The van der Waals surface area contributed by atoms with Crippen molar-refractivity contribution < 1.29 is 37.9 Å². The van der Waals surface area contributed by atoms with Gasteiger partial charge in [0.05, 0.1) is 0 Å². The van der Waals surface area contributed by atoms with Crippen LogP contribution in [-0.2, 0) is 16.2 Å². The quantitative estimate of drug-likeness (QED) is 0.0709. The number of nitriles is 4. The summed E-state index contributed by atoms with van der Waals surface area (Å²) < 4.78 is 54.5. The molecule has 524 valence electrons. The Morgan fingerprint density at radius 2 is 0.404 bits per heavy atom. The van der Waals surface area contributed by atoms with Crippen LogP contribution in [0.3, 0.4) is 0 Å². The molecule has 0 fully saturated rings. The van der Waals surface area contributed by atoms with E-state index in [1.165, 1.54) is 0 Å². The Kier molecular flexibility index (Phi) is 18.4. The van der Waals surface area contributed by atoms with Crippen molar-refractivity contribution >= 4 is 0 Å². The highest BCUT2D eigenvalue weighted by Crippen LogP contribution is 2.66. The van der Waals surface area contributed by atoms with Gasteiger partial charge in [0.25, 0.3) is 0 Å². The van der Waals surface area contributed by atoms with Crippen LogP contribution in [0.4, 0.5) is 0 Å². The van der Waals surface area contributed by atoms with Crippen LogP contribution in [0.15, 0.2) is 315 Å². The third-order valence-electron chi connectivity index (χ3n) is 20.2. The monoisotopic (exact) mass is 1420 g/mol. The molecule has 0 aliphatic heterocycles. The summed E-state index contributed by atoms with van der Waals surface area (Å²) >= 11 is 0. The zero-order chi connectivity index (χ0) is 74.6. The molecule has 14 aromatic carbocycles. The molecule has 0 saturated carbocycles. The molecule has 2 aliphatic rings. The fraction of sp³-hybridized carbons (Fsp3) is 0.0928. The van der Waals surface area contributed by atoms with Gasteiger partial charge in [0, 0.05) is 5.41 Å². The molecule has 0 atom stereocenters. The van der Waals surface area contributed by atoms with Crippen molar-refractivity contribution in [1.82, 2.24) is 0 Å². The summed E-state index contributed by atoms with van der Waals surface area (Å²) in [4.78, 5) is 0. The molecule has 0 radical (unpaired) electrons. The van der Waals surface area contributed by atoms with E-state index in [9.17, 15) is 21.0 Å². The molecule has 16 rings (SSSR count). The van der Waals surface area contributed by atoms with Crippen LogP contribution in [0.2, 0.25) is 0 Å². The summed E-state index contributed by atoms with van der Waals surface area (Å²) in [6.45, 7) is 8.83. The first-order chi connectivity index (χ1) is 53.2. The van der Waals surface area contributed by atoms with Crippen molar-refractivity contribution in [2.75, 3.05) is 0 Å². The minimum absolute atomic E-state index is 0.130. The van der Waals surface area contributed by atoms with Gasteiger partial charge >= 0.3 is 0 Å². The summed E-state index contributed by atoms with van der Waals surface area (Å²) in [6, 6.07) is 109. The van der Waals surface area contributed by atoms with Gasteiger partial charge in [0.2, 0.25) is 0 Å². The fourth-order valence-corrected chi connectivity index (χ4v) is 15.2. The first kappa shape index (κ1) is 68.8. The summed E-state index contributed by atoms with van der Waals surface area (Å²) in [5.41, 5.74) is 10.6. The van der Waals surface area contributed by atoms with Crippen LogP contribution in [0.5, 0.6) is 92.0 Å². The average molecular weight is 1420 g/mol. The molecule has 12 nitrogen and oxygen atoms in total. The van der Waals surface area contributed by atoms with Gasteiger partial charge in [-0.3, -0.25) is 0 Å². The van der Waals surface area contributed by atoms with Crippen molar-refractivity contribution in [1.29, 1.82) is 21.0 Å². The minimum Gasteiger partial charge on any atom is -0.456 e. The second-order valence-corrected chi connectivity index (χ2v) is 28.2. The van der Waals surface area contributed by atoms with Crippen LogP contribution in [0.25, 0.3) is 44.5 Å². The third kappa shape index (κ3) is 13.9. The highest BCUT2D eigenvalue weighted by molar-refractivity contribution is 5.72. The Morgan fingerprint density at radius 1 is 0.211 bits per heavy atom. The van der Waals surface area contributed by atoms with Crippen molar-refractivity contribution in [3.63, 3.8) is 0 Å². The molecule has 0 saturated heterocycles. The number of benzene rings is 14. The average Bonchev–Trinajstić information content (AvgIpc) is 1.52. The van der Waals surface area contributed by atoms with E-state index in [0.717, 1.165) is 66.8 Å². The Bertz CT molecular complexity index is 5570. The Balaban J connectivity index is 0.815. The molecule has 0 N–H and O–H groups in total. The Hall–Kier alpha value is -14.6. The maximum absolute atomic E-state index is 11.2. The van der Waals surface area contributed by atoms with Gasteiger partial charge in [-0.05, 0) is 212 Å². The number of rotatable bonds is 20. The fourth-order valence-electron chi connectivity index (χ4n) is 15.2. The largest absolute Gasteiger partial charge is 0.456 e. The Morgan fingerprint density at radius 3 is 0.615 bits per heavy atom. The van der Waals surface area contributed by atoms with Gasteiger partial charge in [-0.1, -0.05) is 222 Å². The molecule has 2 aliphatic carbocycles. The Labute approximate surface area is 632 Å². The highest BCUT2D eigenvalue weighted by atomic mass is 16.5. The zero-order valence-electron chi connectivity index (χ0n) is 60.0. The predicted octanol–water partition coefficient (Wildman–Crippen LogP) is 25.8. The van der Waals surface area contributed by atoms with Gasteiger partial charge < -0.3 is 37.9 Å². The smallest absolute Gasteiger partial charge is 0.170 e. The lowest BCUT2D eigenvalue weighted by molar-refractivity contribution is 0.349. The molecule has 0 heterocycles. The van der Waals surface area contributed by atoms with Gasteiger partial charge in [0.1, 0.15) is 116 Å². The van der Waals surface area contributed by atoms with Crippen molar-refractivity contribution in [2.24, 2.45) is 0 Å². The van der Waals surface area contributed by atoms with Crippen LogP contribution in [0.1, 0.15) is 85.0 Å². The predicted molar refractivity (Wildman–Crippen MR) is 422 cm³/mol. The maximum atomic E-state index is 11.2. The standard InChI is InChI=1S/C97H68N4O8/c1-95(2)61-97(81-55-93(108-89-35-19-31-85(77(89)59-100)104-73-49-41-69(42-50-73)65-25-13-7-14-26-65)91(53-79(81)95)106-87-33-17-29-83(75(87)57-98)102-71-45-37-67(38-46-71)63-21-9-5-10-22-63)62-96(3,4)80-54-92(107-88-34-18-30-84(76(88)58-99)103-72-47-39-68(40-48-72)64-23-11-6-12-24-64)94(56-82(80)97)109-90-36-20-32-86(78(90)60-101)105-74-51-43-70(44-52-74)66-27-15-8-16-28-66/h5-56H,61-62H2,1-4H3. The topological polar surface area (TPSA) is 169 Å². The number of fused-ring (bicyclic) bond motifs is 4. The normalized spacial score (nSPS) is 13.1. The van der Waals surface area contributed by atoms with Gasteiger partial charge in [-0.2, -0.15) is 21.0 Å². The van der Waals surface area contributed by atoms with E-state index in [4.69, 9.17) is 37.9 Å². The summed E-state index contributed by atoms with van der Waals surface area (Å²) in [6.07, 6.45) is 1.17. The summed E-state index contributed by atoms with van der Waals surface area (Å²) in [7, 11) is 0. The molecule has 0 amide bonds. The van der Waals surface area contributed by atoms with E-state index < -0.39 is 16.2 Å². The van der Waals surface area contributed by atoms with Crippen LogP contribution < -0.4 is 37.9 Å². The molecule has 1 spiro atoms. The maximum Gasteiger partial charge on any atom is 0.170 e. The molecule has 0 unspecified atom stereocenters. The second-order valence-electron chi connectivity index (χ2n) is 28.2. The molecule has 0 bridgehead atoms. The SMILES string of the molecule is CC1(C)CC2(CC(C)(C)c3cc(Oc4cccc(Oc5ccc(-c6ccccc6)cc5)c4C#N)c(Oc4cccc(Oc5ccc(-c6ccccc6)cc5)c4C#N)cc32)c2cc(Oc3cccc(Oc4ccc(-c5ccccc5)cc4)c3C#N)c(Oc3cccc(Oc4ccc(-c5ccccc5)cc4)c3C#N)cc21. The number of ether oxygens (including phenoxy) is 8. The summed E-state index contributed by atoms with van der Waals surface area (Å²) in [5, 5.41) is 44.6. The van der Waals surface area contributed by atoms with E-state index in [0.29, 0.717) is 35.8 Å². The van der Waals surface area contributed by atoms with E-state index in [2.05, 4.69) is 52.0 Å². The van der Waals surface area contributed by atoms with Crippen LogP contribution >= 0.6 is 0 Å². The first-order valence-corrected chi connectivity index (χ1v) is 35.8. The second kappa shape index (κ2) is 29.2. The number of hydrogen-bond acceptors (Lipinski definition) is 12.